The van der Waals surface area contributed by atoms with Crippen molar-refractivity contribution in [1.82, 2.24) is 24.2 Å². The third kappa shape index (κ3) is 3.17. The van der Waals surface area contributed by atoms with Gasteiger partial charge in [0.25, 0.3) is 0 Å². The van der Waals surface area contributed by atoms with Gasteiger partial charge in [-0.2, -0.15) is 0 Å². The van der Waals surface area contributed by atoms with Crippen LogP contribution >= 0.6 is 0 Å². The van der Waals surface area contributed by atoms with E-state index in [2.05, 4.69) is 15.0 Å². The Morgan fingerprint density at radius 3 is 2.55 bits per heavy atom. The normalized spacial score (nSPS) is 12.1. The largest absolute Gasteiger partial charge is 0.326 e. The fraction of sp³-hybridized carbons (Fsp3) is 0.167. The standard InChI is InChI=1S/C18H15F2N5O3S/c1-9-3-4-11-16-15(7-22-17(11)23-9)24-18(26)25(16)8-12-13(19)5-10(6-14(12)20)29(27,28)21-2/h3-7,21H,8H2,1-2H3,(H,24,26). The lowest BCUT2D eigenvalue weighted by Crippen LogP contribution is -2.21. The van der Waals surface area contributed by atoms with Crippen molar-refractivity contribution in [2.24, 2.45) is 0 Å². The highest BCUT2D eigenvalue weighted by Crippen LogP contribution is 2.24. The SMILES string of the molecule is CNS(=O)(=O)c1cc(F)c(Cn2c(=O)[nH]c3cnc4nc(C)ccc4c32)c(F)c1. The van der Waals surface area contributed by atoms with Crippen molar-refractivity contribution >= 4 is 32.1 Å². The minimum atomic E-state index is -4.02. The van der Waals surface area contributed by atoms with E-state index in [4.69, 9.17) is 0 Å². The molecule has 29 heavy (non-hydrogen) atoms. The van der Waals surface area contributed by atoms with Crippen LogP contribution in [0.15, 0.2) is 40.2 Å². The van der Waals surface area contributed by atoms with Gasteiger partial charge < -0.3 is 4.98 Å². The van der Waals surface area contributed by atoms with E-state index in [0.717, 1.165) is 12.7 Å². The number of hydrogen-bond acceptors (Lipinski definition) is 5. The van der Waals surface area contributed by atoms with Gasteiger partial charge in [0.05, 0.1) is 28.7 Å². The number of nitrogens with zero attached hydrogens (tertiary/aromatic N) is 3. The predicted molar refractivity (Wildman–Crippen MR) is 102 cm³/mol. The van der Waals surface area contributed by atoms with E-state index >= 15 is 0 Å². The zero-order valence-corrected chi connectivity index (χ0v) is 16.1. The van der Waals surface area contributed by atoms with Crippen LogP contribution in [-0.2, 0) is 16.6 Å². The number of sulfonamides is 1. The molecule has 0 atom stereocenters. The summed E-state index contributed by atoms with van der Waals surface area (Å²) in [6.07, 6.45) is 1.43. The second kappa shape index (κ2) is 6.71. The Balaban J connectivity index is 1.91. The first kappa shape index (κ1) is 19.2. The molecule has 0 radical (unpaired) electrons. The van der Waals surface area contributed by atoms with Crippen molar-refractivity contribution in [1.29, 1.82) is 0 Å². The summed E-state index contributed by atoms with van der Waals surface area (Å²) < 4.78 is 56.0. The fourth-order valence-electron chi connectivity index (χ4n) is 3.14. The Bertz CT molecular complexity index is 1420. The molecular weight excluding hydrogens is 404 g/mol. The molecule has 0 bridgehead atoms. The highest BCUT2D eigenvalue weighted by atomic mass is 32.2. The number of rotatable bonds is 4. The number of fused-ring (bicyclic) bond motifs is 3. The Hall–Kier alpha value is -3.18. The maximum absolute atomic E-state index is 14.6. The molecule has 4 rings (SSSR count). The van der Waals surface area contributed by atoms with Gasteiger partial charge in [-0.05, 0) is 38.2 Å². The number of H-pyrrole nitrogens is 1. The Kier molecular flexibility index (Phi) is 4.43. The summed E-state index contributed by atoms with van der Waals surface area (Å²) in [5, 5.41) is 0.543. The summed E-state index contributed by atoms with van der Waals surface area (Å²) >= 11 is 0. The molecule has 2 N–H and O–H groups in total. The molecule has 4 aromatic rings. The van der Waals surface area contributed by atoms with E-state index in [1.165, 1.54) is 10.8 Å². The van der Waals surface area contributed by atoms with Crippen LogP contribution in [0.25, 0.3) is 22.1 Å². The van der Waals surface area contributed by atoms with Gasteiger partial charge >= 0.3 is 5.69 Å². The van der Waals surface area contributed by atoms with Gasteiger partial charge in [-0.15, -0.1) is 0 Å². The summed E-state index contributed by atoms with van der Waals surface area (Å²) in [5.74, 6) is -2.15. The minimum Gasteiger partial charge on any atom is -0.304 e. The third-order valence-electron chi connectivity index (χ3n) is 4.61. The molecule has 0 spiro atoms. The molecule has 1 aromatic carbocycles. The number of halogens is 2. The third-order valence-corrected chi connectivity index (χ3v) is 6.00. The van der Waals surface area contributed by atoms with Gasteiger partial charge in [-0.1, -0.05) is 0 Å². The van der Waals surface area contributed by atoms with Gasteiger partial charge in [0, 0.05) is 16.6 Å². The van der Waals surface area contributed by atoms with Gasteiger partial charge in [-0.3, -0.25) is 4.57 Å². The highest BCUT2D eigenvalue weighted by molar-refractivity contribution is 7.89. The summed E-state index contributed by atoms with van der Waals surface area (Å²) in [7, 11) is -2.88. The molecule has 0 saturated heterocycles. The van der Waals surface area contributed by atoms with Crippen molar-refractivity contribution in [3.63, 3.8) is 0 Å². The molecule has 0 unspecified atom stereocenters. The van der Waals surface area contributed by atoms with Crippen molar-refractivity contribution in [3.05, 3.63) is 63.8 Å². The lowest BCUT2D eigenvalue weighted by Gasteiger charge is -2.10. The number of pyridine rings is 2. The van der Waals surface area contributed by atoms with Crippen LogP contribution < -0.4 is 10.4 Å². The van der Waals surface area contributed by atoms with E-state index in [-0.39, 0.29) is 0 Å². The van der Waals surface area contributed by atoms with Gasteiger partial charge in [-0.25, -0.2) is 36.7 Å². The van der Waals surface area contributed by atoms with Crippen molar-refractivity contribution in [2.75, 3.05) is 7.05 Å². The molecule has 0 fully saturated rings. The quantitative estimate of drug-likeness (QED) is 0.524. The Labute approximate surface area is 163 Å². The van der Waals surface area contributed by atoms with Gasteiger partial charge in [0.15, 0.2) is 5.65 Å². The highest BCUT2D eigenvalue weighted by Gasteiger charge is 2.21. The molecule has 0 amide bonds. The second-order valence-corrected chi connectivity index (χ2v) is 8.32. The molecule has 8 nitrogen and oxygen atoms in total. The van der Waals surface area contributed by atoms with Crippen LogP contribution in [0, 0.1) is 18.6 Å². The van der Waals surface area contributed by atoms with E-state index in [1.807, 2.05) is 4.72 Å². The van der Waals surface area contributed by atoms with Crippen molar-refractivity contribution in [2.45, 2.75) is 18.4 Å². The Morgan fingerprint density at radius 2 is 1.90 bits per heavy atom. The van der Waals surface area contributed by atoms with Crippen LogP contribution in [0.4, 0.5) is 8.78 Å². The van der Waals surface area contributed by atoms with Gasteiger partial charge in [0.1, 0.15) is 11.6 Å². The van der Waals surface area contributed by atoms with Crippen molar-refractivity contribution in [3.8, 4) is 0 Å². The number of aryl methyl sites for hydroxylation is 1. The number of hydrogen-bond donors (Lipinski definition) is 2. The molecule has 0 aliphatic heterocycles. The first-order valence-corrected chi connectivity index (χ1v) is 9.96. The number of nitrogens with one attached hydrogen (secondary N) is 2. The molecule has 0 saturated carbocycles. The summed E-state index contributed by atoms with van der Waals surface area (Å²) in [5.41, 5.74) is 0.893. The predicted octanol–water partition coefficient (Wildman–Crippen LogP) is 1.82. The summed E-state index contributed by atoms with van der Waals surface area (Å²) in [6, 6.07) is 4.90. The monoisotopic (exact) mass is 419 g/mol. The molecule has 0 aliphatic rings. The lowest BCUT2D eigenvalue weighted by molar-refractivity contribution is 0.534. The number of benzene rings is 1. The van der Waals surface area contributed by atoms with Crippen LogP contribution in [0.1, 0.15) is 11.3 Å². The van der Waals surface area contributed by atoms with Crippen LogP contribution in [0.5, 0.6) is 0 Å². The van der Waals surface area contributed by atoms with E-state index in [0.29, 0.717) is 34.2 Å². The van der Waals surface area contributed by atoms with E-state index in [9.17, 15) is 22.0 Å². The number of aromatic amines is 1. The smallest absolute Gasteiger partial charge is 0.304 e. The molecular formula is C18H15F2N5O3S. The van der Waals surface area contributed by atoms with Crippen LogP contribution in [0.3, 0.4) is 0 Å². The average Bonchev–Trinajstić information content (AvgIpc) is 2.99. The topological polar surface area (TPSA) is 110 Å². The first-order valence-electron chi connectivity index (χ1n) is 8.47. The van der Waals surface area contributed by atoms with Crippen LogP contribution in [-0.4, -0.2) is 35.0 Å². The minimum absolute atomic E-state index is 0.390. The molecule has 150 valence electrons. The lowest BCUT2D eigenvalue weighted by atomic mass is 10.2. The second-order valence-electron chi connectivity index (χ2n) is 6.43. The molecule has 3 aromatic heterocycles. The summed E-state index contributed by atoms with van der Waals surface area (Å²) in [4.78, 5) is 23.0. The average molecular weight is 419 g/mol. The Morgan fingerprint density at radius 1 is 1.21 bits per heavy atom. The zero-order chi connectivity index (χ0) is 20.9. The number of aromatic nitrogens is 4. The summed E-state index contributed by atoms with van der Waals surface area (Å²) in [6.45, 7) is 1.35. The fourth-order valence-corrected chi connectivity index (χ4v) is 3.89. The van der Waals surface area contributed by atoms with Crippen molar-refractivity contribution < 1.29 is 17.2 Å². The molecule has 0 aliphatic carbocycles. The first-order chi connectivity index (χ1) is 13.7. The van der Waals surface area contributed by atoms with Gasteiger partial charge in [0.2, 0.25) is 10.0 Å². The maximum Gasteiger partial charge on any atom is 0.326 e. The molecule has 11 heteroatoms. The zero-order valence-electron chi connectivity index (χ0n) is 15.3. The number of imidazole rings is 1. The van der Waals surface area contributed by atoms with Crippen LogP contribution in [0.2, 0.25) is 0 Å². The van der Waals surface area contributed by atoms with E-state index < -0.39 is 44.4 Å². The molecule has 3 heterocycles. The van der Waals surface area contributed by atoms with E-state index in [1.54, 1.807) is 19.1 Å². The maximum atomic E-state index is 14.6.